The van der Waals surface area contributed by atoms with E-state index in [1.807, 2.05) is 66.7 Å². The zero-order valence-electron chi connectivity index (χ0n) is 16.0. The lowest BCUT2D eigenvalue weighted by Crippen LogP contribution is -2.13. The third kappa shape index (κ3) is 3.40. The second-order valence-corrected chi connectivity index (χ2v) is 7.10. The number of carbonyl (C=O) groups excluding carboxylic acids is 1. The summed E-state index contributed by atoms with van der Waals surface area (Å²) in [6.45, 7) is 0. The normalized spacial score (nSPS) is 11.0. The van der Waals surface area contributed by atoms with Crippen molar-refractivity contribution in [3.63, 3.8) is 0 Å². The van der Waals surface area contributed by atoms with Gasteiger partial charge in [-0.15, -0.1) is 0 Å². The number of pyridine rings is 1. The molecule has 0 fully saturated rings. The summed E-state index contributed by atoms with van der Waals surface area (Å²) in [5.74, 6) is -0.527. The number of halogens is 1. The van der Waals surface area contributed by atoms with Crippen molar-refractivity contribution in [3.05, 3.63) is 108 Å². The molecule has 1 aromatic heterocycles. The molecule has 0 saturated carbocycles. The summed E-state index contributed by atoms with van der Waals surface area (Å²) in [6.07, 6.45) is 0. The highest BCUT2D eigenvalue weighted by Crippen LogP contribution is 2.26. The minimum atomic E-state index is -0.311. The fourth-order valence-corrected chi connectivity index (χ4v) is 3.60. The average Bonchev–Trinajstić information content (AvgIpc) is 2.78. The first kappa shape index (κ1) is 18.0. The minimum Gasteiger partial charge on any atom is -0.322 e. The predicted octanol–water partition coefficient (Wildman–Crippen LogP) is 6.45. The summed E-state index contributed by atoms with van der Waals surface area (Å²) in [6, 6.07) is 29.2. The molecule has 0 bridgehead atoms. The highest BCUT2D eigenvalue weighted by molar-refractivity contribution is 6.13. The summed E-state index contributed by atoms with van der Waals surface area (Å²) in [5.41, 5.74) is 3.33. The van der Waals surface area contributed by atoms with Crippen molar-refractivity contribution in [1.82, 2.24) is 4.98 Å². The van der Waals surface area contributed by atoms with Crippen LogP contribution in [0.3, 0.4) is 0 Å². The standard InChI is InChI=1S/C26H17FN2O/c27-20-12-9-18(10-13-20)25-16-23(22-7-3-4-8-24(22)29-25)26(30)28-21-14-11-17-5-1-2-6-19(17)15-21/h1-16H,(H,28,30). The lowest BCUT2D eigenvalue weighted by molar-refractivity contribution is 0.102. The number of nitrogens with zero attached hydrogens (tertiary/aromatic N) is 1. The molecule has 1 heterocycles. The van der Waals surface area contributed by atoms with Crippen LogP contribution in [-0.2, 0) is 0 Å². The number of fused-ring (bicyclic) bond motifs is 2. The molecule has 3 nitrogen and oxygen atoms in total. The number of para-hydroxylation sites is 1. The molecule has 0 unspecified atom stereocenters. The smallest absolute Gasteiger partial charge is 0.256 e. The number of aromatic nitrogens is 1. The van der Waals surface area contributed by atoms with Crippen molar-refractivity contribution >= 4 is 33.3 Å². The summed E-state index contributed by atoms with van der Waals surface area (Å²) in [4.78, 5) is 17.9. The van der Waals surface area contributed by atoms with Crippen molar-refractivity contribution in [2.75, 3.05) is 5.32 Å². The second-order valence-electron chi connectivity index (χ2n) is 7.10. The van der Waals surface area contributed by atoms with E-state index in [2.05, 4.69) is 10.3 Å². The molecule has 30 heavy (non-hydrogen) atoms. The van der Waals surface area contributed by atoms with Gasteiger partial charge in [-0.1, -0.05) is 48.5 Å². The van der Waals surface area contributed by atoms with Crippen LogP contribution in [0, 0.1) is 5.82 Å². The van der Waals surface area contributed by atoms with Gasteiger partial charge in [0.1, 0.15) is 5.82 Å². The Kier molecular flexibility index (Phi) is 4.45. The Balaban J connectivity index is 1.57. The Morgan fingerprint density at radius 1 is 0.767 bits per heavy atom. The highest BCUT2D eigenvalue weighted by atomic mass is 19.1. The van der Waals surface area contributed by atoms with Gasteiger partial charge in [0, 0.05) is 16.6 Å². The van der Waals surface area contributed by atoms with E-state index in [0.29, 0.717) is 16.8 Å². The third-order valence-electron chi connectivity index (χ3n) is 5.11. The summed E-state index contributed by atoms with van der Waals surface area (Å²) >= 11 is 0. The van der Waals surface area contributed by atoms with Crippen molar-refractivity contribution in [3.8, 4) is 11.3 Å². The van der Waals surface area contributed by atoms with Crippen molar-refractivity contribution in [1.29, 1.82) is 0 Å². The minimum absolute atomic E-state index is 0.216. The van der Waals surface area contributed by atoms with E-state index < -0.39 is 0 Å². The number of hydrogen-bond acceptors (Lipinski definition) is 2. The Labute approximate surface area is 172 Å². The van der Waals surface area contributed by atoms with Crippen LogP contribution in [0.25, 0.3) is 32.9 Å². The maximum atomic E-state index is 13.3. The Morgan fingerprint density at radius 3 is 2.33 bits per heavy atom. The van der Waals surface area contributed by atoms with Crippen LogP contribution in [0.5, 0.6) is 0 Å². The van der Waals surface area contributed by atoms with Crippen LogP contribution in [-0.4, -0.2) is 10.9 Å². The van der Waals surface area contributed by atoms with Crippen molar-refractivity contribution < 1.29 is 9.18 Å². The van der Waals surface area contributed by atoms with Gasteiger partial charge in [-0.25, -0.2) is 9.37 Å². The molecule has 0 radical (unpaired) electrons. The first-order chi connectivity index (χ1) is 14.7. The van der Waals surface area contributed by atoms with E-state index in [9.17, 15) is 9.18 Å². The second kappa shape index (κ2) is 7.41. The molecule has 5 aromatic rings. The van der Waals surface area contributed by atoms with Crippen LogP contribution < -0.4 is 5.32 Å². The molecule has 0 aliphatic heterocycles. The van der Waals surface area contributed by atoms with Crippen molar-refractivity contribution in [2.24, 2.45) is 0 Å². The predicted molar refractivity (Wildman–Crippen MR) is 119 cm³/mol. The average molecular weight is 392 g/mol. The van der Waals surface area contributed by atoms with E-state index in [-0.39, 0.29) is 11.7 Å². The maximum Gasteiger partial charge on any atom is 0.256 e. The molecule has 1 N–H and O–H groups in total. The maximum absolute atomic E-state index is 13.3. The first-order valence-corrected chi connectivity index (χ1v) is 9.63. The number of carbonyl (C=O) groups is 1. The molecule has 4 heteroatoms. The van der Waals surface area contributed by atoms with Crippen LogP contribution in [0.4, 0.5) is 10.1 Å². The Hall–Kier alpha value is -4.05. The van der Waals surface area contributed by atoms with Gasteiger partial charge < -0.3 is 5.32 Å². The lowest BCUT2D eigenvalue weighted by atomic mass is 10.0. The first-order valence-electron chi connectivity index (χ1n) is 9.63. The molecular formula is C26H17FN2O. The number of rotatable bonds is 3. The Bertz CT molecular complexity index is 1390. The van der Waals surface area contributed by atoms with Gasteiger partial charge in [-0.05, 0) is 59.3 Å². The molecular weight excluding hydrogens is 375 g/mol. The van der Waals surface area contributed by atoms with Gasteiger partial charge in [0.2, 0.25) is 0 Å². The number of amides is 1. The number of hydrogen-bond donors (Lipinski definition) is 1. The molecule has 1 amide bonds. The molecule has 0 aliphatic carbocycles. The molecule has 144 valence electrons. The molecule has 0 saturated heterocycles. The zero-order chi connectivity index (χ0) is 20.5. The van der Waals surface area contributed by atoms with Crippen LogP contribution in [0.2, 0.25) is 0 Å². The molecule has 0 spiro atoms. The SMILES string of the molecule is O=C(Nc1ccc2ccccc2c1)c1cc(-c2ccc(F)cc2)nc2ccccc12. The van der Waals surface area contributed by atoms with Crippen LogP contribution in [0.1, 0.15) is 10.4 Å². The van der Waals surface area contributed by atoms with Gasteiger partial charge >= 0.3 is 0 Å². The van der Waals surface area contributed by atoms with E-state index in [1.54, 1.807) is 18.2 Å². The highest BCUT2D eigenvalue weighted by Gasteiger charge is 2.14. The number of nitrogens with one attached hydrogen (secondary N) is 1. The van der Waals surface area contributed by atoms with Crippen LogP contribution in [0.15, 0.2) is 97.1 Å². The molecule has 0 atom stereocenters. The number of anilines is 1. The van der Waals surface area contributed by atoms with E-state index in [4.69, 9.17) is 0 Å². The molecule has 0 aliphatic rings. The largest absolute Gasteiger partial charge is 0.322 e. The zero-order valence-corrected chi connectivity index (χ0v) is 16.0. The molecule has 5 rings (SSSR count). The summed E-state index contributed by atoms with van der Waals surface area (Å²) in [5, 5.41) is 5.94. The fourth-order valence-electron chi connectivity index (χ4n) is 3.60. The van der Waals surface area contributed by atoms with Crippen molar-refractivity contribution in [2.45, 2.75) is 0 Å². The van der Waals surface area contributed by atoms with Gasteiger partial charge in [0.15, 0.2) is 0 Å². The number of benzene rings is 4. The van der Waals surface area contributed by atoms with Gasteiger partial charge in [0.25, 0.3) is 5.91 Å². The van der Waals surface area contributed by atoms with E-state index >= 15 is 0 Å². The quantitative estimate of drug-likeness (QED) is 0.383. The summed E-state index contributed by atoms with van der Waals surface area (Å²) in [7, 11) is 0. The van der Waals surface area contributed by atoms with E-state index in [1.165, 1.54) is 12.1 Å². The lowest BCUT2D eigenvalue weighted by Gasteiger charge is -2.11. The van der Waals surface area contributed by atoms with Gasteiger partial charge in [0.05, 0.1) is 16.8 Å². The van der Waals surface area contributed by atoms with Gasteiger partial charge in [-0.3, -0.25) is 4.79 Å². The molecule has 4 aromatic carbocycles. The Morgan fingerprint density at radius 2 is 1.50 bits per heavy atom. The fraction of sp³-hybridized carbons (Fsp3) is 0. The van der Waals surface area contributed by atoms with E-state index in [0.717, 1.165) is 27.4 Å². The topological polar surface area (TPSA) is 42.0 Å². The monoisotopic (exact) mass is 392 g/mol. The summed E-state index contributed by atoms with van der Waals surface area (Å²) < 4.78 is 13.3. The van der Waals surface area contributed by atoms with Gasteiger partial charge in [-0.2, -0.15) is 0 Å². The van der Waals surface area contributed by atoms with Crippen LogP contribution >= 0.6 is 0 Å². The third-order valence-corrected chi connectivity index (χ3v) is 5.11.